The number of carbonyl (C=O) groups excluding carboxylic acids is 1. The van der Waals surface area contributed by atoms with Gasteiger partial charge >= 0.3 is 6.03 Å². The average Bonchev–Trinajstić information content (AvgIpc) is 2.24. The van der Waals surface area contributed by atoms with E-state index < -0.39 is 0 Å². The molecule has 0 unspecified atom stereocenters. The van der Waals surface area contributed by atoms with Crippen molar-refractivity contribution in [2.24, 2.45) is 0 Å². The van der Waals surface area contributed by atoms with E-state index in [9.17, 15) is 4.79 Å². The van der Waals surface area contributed by atoms with Gasteiger partial charge in [0.2, 0.25) is 0 Å². The maximum atomic E-state index is 11.4. The first-order valence-corrected chi connectivity index (χ1v) is 5.58. The summed E-state index contributed by atoms with van der Waals surface area (Å²) in [7, 11) is 0. The van der Waals surface area contributed by atoms with Crippen molar-refractivity contribution in [1.29, 1.82) is 0 Å². The Morgan fingerprint density at radius 1 is 1.44 bits per heavy atom. The fraction of sp³-hybridized carbons (Fsp3) is 0.250. The van der Waals surface area contributed by atoms with Crippen LogP contribution in [0.5, 0.6) is 0 Å². The van der Waals surface area contributed by atoms with E-state index in [2.05, 4.69) is 10.6 Å². The van der Waals surface area contributed by atoms with Crippen molar-refractivity contribution in [3.05, 3.63) is 42.0 Å². The van der Waals surface area contributed by atoms with Gasteiger partial charge in [-0.1, -0.05) is 24.3 Å². The summed E-state index contributed by atoms with van der Waals surface area (Å²) in [6.45, 7) is 2.46. The summed E-state index contributed by atoms with van der Waals surface area (Å²) in [5, 5.41) is 5.43. The predicted molar refractivity (Wildman–Crippen MR) is 68.1 cm³/mol. The van der Waals surface area contributed by atoms with Crippen LogP contribution in [0.25, 0.3) is 0 Å². The molecule has 0 bridgehead atoms. The van der Waals surface area contributed by atoms with Crippen LogP contribution in [0.15, 0.2) is 36.4 Å². The molecule has 0 atom stereocenters. The molecule has 0 saturated carbocycles. The number of urea groups is 1. The number of amides is 2. The number of aryl methyl sites for hydroxylation is 1. The monoisotopic (exact) mass is 238 g/mol. The van der Waals surface area contributed by atoms with Gasteiger partial charge in [-0.15, -0.1) is 11.6 Å². The average molecular weight is 239 g/mol. The van der Waals surface area contributed by atoms with E-state index >= 15 is 0 Å². The van der Waals surface area contributed by atoms with E-state index in [0.29, 0.717) is 12.4 Å². The smallest absolute Gasteiger partial charge is 0.319 e. The van der Waals surface area contributed by atoms with Crippen LogP contribution in [0.4, 0.5) is 10.5 Å². The molecule has 0 saturated heterocycles. The van der Waals surface area contributed by atoms with Gasteiger partial charge in [0.1, 0.15) is 0 Å². The van der Waals surface area contributed by atoms with E-state index in [1.165, 1.54) is 0 Å². The van der Waals surface area contributed by atoms with E-state index in [1.807, 2.05) is 37.3 Å². The highest BCUT2D eigenvalue weighted by atomic mass is 35.5. The first-order chi connectivity index (χ1) is 7.72. The van der Waals surface area contributed by atoms with Gasteiger partial charge in [-0.2, -0.15) is 0 Å². The fourth-order valence-corrected chi connectivity index (χ4v) is 1.32. The molecule has 0 aliphatic heterocycles. The Balaban J connectivity index is 2.37. The Kier molecular flexibility index (Phi) is 5.43. The van der Waals surface area contributed by atoms with Crippen LogP contribution < -0.4 is 10.6 Å². The zero-order valence-electron chi connectivity index (χ0n) is 9.16. The summed E-state index contributed by atoms with van der Waals surface area (Å²) >= 11 is 5.45. The van der Waals surface area contributed by atoms with Gasteiger partial charge in [-0.25, -0.2) is 4.79 Å². The molecule has 0 aromatic heterocycles. The number of nitrogens with one attached hydrogen (secondary N) is 2. The maximum absolute atomic E-state index is 11.4. The lowest BCUT2D eigenvalue weighted by Gasteiger charge is -2.06. The molecule has 0 fully saturated rings. The van der Waals surface area contributed by atoms with Gasteiger partial charge in [0, 0.05) is 18.1 Å². The van der Waals surface area contributed by atoms with Gasteiger partial charge in [-0.3, -0.25) is 0 Å². The van der Waals surface area contributed by atoms with Crippen molar-refractivity contribution in [2.45, 2.75) is 6.92 Å². The van der Waals surface area contributed by atoms with Crippen LogP contribution in [-0.4, -0.2) is 18.5 Å². The number of hydrogen-bond acceptors (Lipinski definition) is 1. The van der Waals surface area contributed by atoms with E-state index in [0.717, 1.165) is 11.3 Å². The molecule has 3 nitrogen and oxygen atoms in total. The normalized spacial score (nSPS) is 10.4. The highest BCUT2D eigenvalue weighted by Gasteiger charge is 1.98. The van der Waals surface area contributed by atoms with Gasteiger partial charge in [0.15, 0.2) is 0 Å². The van der Waals surface area contributed by atoms with Crippen LogP contribution in [0.3, 0.4) is 0 Å². The number of alkyl halides is 1. The third kappa shape index (κ3) is 4.84. The number of carbonyl (C=O) groups is 1. The Labute approximate surface area is 100 Å². The molecule has 0 spiro atoms. The lowest BCUT2D eigenvalue weighted by atomic mass is 10.2. The van der Waals surface area contributed by atoms with Crippen LogP contribution in [0.1, 0.15) is 5.56 Å². The molecule has 0 aliphatic rings. The molecular weight excluding hydrogens is 224 g/mol. The molecule has 1 aromatic carbocycles. The minimum Gasteiger partial charge on any atom is -0.334 e. The summed E-state index contributed by atoms with van der Waals surface area (Å²) in [5.74, 6) is 0.460. The number of rotatable bonds is 4. The number of allylic oxidation sites excluding steroid dienone is 1. The van der Waals surface area contributed by atoms with Gasteiger partial charge in [0.25, 0.3) is 0 Å². The lowest BCUT2D eigenvalue weighted by Crippen LogP contribution is -2.28. The second kappa shape index (κ2) is 6.90. The quantitative estimate of drug-likeness (QED) is 0.615. The lowest BCUT2D eigenvalue weighted by molar-refractivity contribution is 0.253. The van der Waals surface area contributed by atoms with Crippen molar-refractivity contribution >= 4 is 23.3 Å². The van der Waals surface area contributed by atoms with Crippen molar-refractivity contribution in [3.63, 3.8) is 0 Å². The van der Waals surface area contributed by atoms with Crippen LogP contribution in [-0.2, 0) is 0 Å². The molecule has 2 amide bonds. The molecule has 0 heterocycles. The van der Waals surface area contributed by atoms with Crippen molar-refractivity contribution in [1.82, 2.24) is 5.32 Å². The molecule has 86 valence electrons. The van der Waals surface area contributed by atoms with Crippen molar-refractivity contribution in [2.75, 3.05) is 17.7 Å². The predicted octanol–water partition coefficient (Wildman–Crippen LogP) is 2.91. The van der Waals surface area contributed by atoms with E-state index in [1.54, 1.807) is 6.08 Å². The van der Waals surface area contributed by atoms with Gasteiger partial charge in [-0.05, 0) is 24.6 Å². The first-order valence-electron chi connectivity index (χ1n) is 5.05. The summed E-state index contributed by atoms with van der Waals surface area (Å²) in [6.07, 6.45) is 3.59. The summed E-state index contributed by atoms with van der Waals surface area (Å²) in [6, 6.07) is 7.42. The van der Waals surface area contributed by atoms with Gasteiger partial charge < -0.3 is 10.6 Å². The molecule has 1 rings (SSSR count). The van der Waals surface area contributed by atoms with E-state index in [-0.39, 0.29) is 6.03 Å². The Morgan fingerprint density at radius 2 is 2.25 bits per heavy atom. The number of halogens is 1. The minimum atomic E-state index is -0.218. The number of anilines is 1. The summed E-state index contributed by atoms with van der Waals surface area (Å²) in [5.41, 5.74) is 1.90. The number of benzene rings is 1. The molecule has 1 aromatic rings. The zero-order chi connectivity index (χ0) is 11.8. The summed E-state index contributed by atoms with van der Waals surface area (Å²) in [4.78, 5) is 11.4. The second-order valence-electron chi connectivity index (χ2n) is 3.33. The zero-order valence-corrected chi connectivity index (χ0v) is 9.92. The largest absolute Gasteiger partial charge is 0.334 e. The molecule has 2 N–H and O–H groups in total. The topological polar surface area (TPSA) is 41.1 Å². The molecule has 16 heavy (non-hydrogen) atoms. The molecule has 0 radical (unpaired) electrons. The maximum Gasteiger partial charge on any atom is 0.319 e. The highest BCUT2D eigenvalue weighted by molar-refractivity contribution is 6.18. The third-order valence-corrected chi connectivity index (χ3v) is 2.09. The van der Waals surface area contributed by atoms with Crippen molar-refractivity contribution < 1.29 is 4.79 Å². The van der Waals surface area contributed by atoms with Crippen LogP contribution in [0, 0.1) is 6.92 Å². The van der Waals surface area contributed by atoms with Crippen molar-refractivity contribution in [3.8, 4) is 0 Å². The highest BCUT2D eigenvalue weighted by Crippen LogP contribution is 2.08. The standard InChI is InChI=1S/C12H15ClN2O/c1-10-5-4-6-11(9-10)15-12(16)14-8-3-2-7-13/h2-6,9H,7-8H2,1H3,(H2,14,15,16)/b3-2+. The van der Waals surface area contributed by atoms with Crippen LogP contribution in [0.2, 0.25) is 0 Å². The first kappa shape index (κ1) is 12.6. The number of hydrogen-bond donors (Lipinski definition) is 2. The Morgan fingerprint density at radius 3 is 2.94 bits per heavy atom. The molecule has 0 aliphatic carbocycles. The molecule has 4 heteroatoms. The van der Waals surface area contributed by atoms with E-state index in [4.69, 9.17) is 11.6 Å². The molecular formula is C12H15ClN2O. The Bertz CT molecular complexity index is 377. The van der Waals surface area contributed by atoms with Crippen LogP contribution >= 0.6 is 11.6 Å². The minimum absolute atomic E-state index is 0.218. The summed E-state index contributed by atoms with van der Waals surface area (Å²) < 4.78 is 0. The van der Waals surface area contributed by atoms with Gasteiger partial charge in [0.05, 0.1) is 0 Å². The third-order valence-electron chi connectivity index (χ3n) is 1.91. The fourth-order valence-electron chi connectivity index (χ4n) is 1.20. The Hall–Kier alpha value is -1.48. The SMILES string of the molecule is Cc1cccc(NC(=O)NC/C=C/CCl)c1. The second-order valence-corrected chi connectivity index (χ2v) is 3.64.